The summed E-state index contributed by atoms with van der Waals surface area (Å²) in [5.41, 5.74) is 0.938. The Balaban J connectivity index is 1.60. The predicted octanol–water partition coefficient (Wildman–Crippen LogP) is 4.32. The number of hydrogen-bond donors (Lipinski definition) is 1. The highest BCUT2D eigenvalue weighted by Crippen LogP contribution is 2.25. The largest absolute Gasteiger partial charge is 0.403 e. The van der Waals surface area contributed by atoms with E-state index in [1.165, 1.54) is 12.1 Å². The monoisotopic (exact) mass is 421 g/mol. The van der Waals surface area contributed by atoms with Crippen molar-refractivity contribution in [3.63, 3.8) is 0 Å². The first-order valence-electron chi connectivity index (χ1n) is 9.33. The number of anilines is 1. The maximum Gasteiger partial charge on any atom is 0.322 e. The van der Waals surface area contributed by atoms with Gasteiger partial charge in [-0.3, -0.25) is 10.1 Å². The molecule has 0 bridgehead atoms. The first-order valence-corrected chi connectivity index (χ1v) is 10.9. The molecule has 0 aliphatic rings. The van der Waals surface area contributed by atoms with Gasteiger partial charge in [0.1, 0.15) is 0 Å². The summed E-state index contributed by atoms with van der Waals surface area (Å²) in [6.07, 6.45) is 0. The van der Waals surface area contributed by atoms with Gasteiger partial charge in [-0.1, -0.05) is 47.6 Å². The van der Waals surface area contributed by atoms with Crippen LogP contribution < -0.4 is 5.32 Å². The highest BCUT2D eigenvalue weighted by atomic mass is 32.2. The first-order chi connectivity index (χ1) is 14.4. The van der Waals surface area contributed by atoms with Gasteiger partial charge in [0, 0.05) is 11.1 Å². The highest BCUT2D eigenvalue weighted by molar-refractivity contribution is 7.92. The second-order valence-corrected chi connectivity index (χ2v) is 9.52. The number of carbonyl (C=O) groups excluding carboxylic acids is 1. The Morgan fingerprint density at radius 1 is 0.967 bits per heavy atom. The number of nitrogens with zero attached hydrogens (tertiary/aromatic N) is 2. The van der Waals surface area contributed by atoms with E-state index < -0.39 is 15.1 Å². The fourth-order valence-electron chi connectivity index (χ4n) is 3.06. The van der Waals surface area contributed by atoms with Gasteiger partial charge in [-0.2, -0.15) is 0 Å². The average Bonchev–Trinajstić information content (AvgIpc) is 3.21. The van der Waals surface area contributed by atoms with Gasteiger partial charge in [0.2, 0.25) is 5.89 Å². The summed E-state index contributed by atoms with van der Waals surface area (Å²) in [6, 6.07) is 19.2. The quantitative estimate of drug-likeness (QED) is 0.515. The zero-order valence-corrected chi connectivity index (χ0v) is 17.2. The number of hydrogen-bond acceptors (Lipinski definition) is 6. The van der Waals surface area contributed by atoms with E-state index >= 15 is 0 Å². The minimum absolute atomic E-state index is 0.0694. The lowest BCUT2D eigenvalue weighted by Gasteiger charge is -2.08. The third-order valence-corrected chi connectivity index (χ3v) is 6.86. The van der Waals surface area contributed by atoms with E-state index in [-0.39, 0.29) is 22.7 Å². The Labute approximate surface area is 173 Å². The summed E-state index contributed by atoms with van der Waals surface area (Å²) in [6.45, 7) is 3.24. The van der Waals surface area contributed by atoms with Crippen LogP contribution in [0.4, 0.5) is 6.01 Å². The summed E-state index contributed by atoms with van der Waals surface area (Å²) in [5.74, 6) is -0.262. The summed E-state index contributed by atoms with van der Waals surface area (Å²) in [5, 5.41) is 11.6. The van der Waals surface area contributed by atoms with Crippen molar-refractivity contribution in [1.82, 2.24) is 10.2 Å². The standard InChI is InChI=1S/C22H19N3O4S/c1-14(2)30(27,28)17-10-5-9-16(13-17)21-24-25-22(29-21)23-20(26)19-12-6-8-15-7-3-4-11-18(15)19/h3-14H,1-2H3,(H,23,25,26). The number of rotatable bonds is 5. The van der Waals surface area contributed by atoms with Gasteiger partial charge in [-0.15, -0.1) is 5.10 Å². The van der Waals surface area contributed by atoms with Crippen molar-refractivity contribution in [3.05, 3.63) is 72.3 Å². The molecule has 3 aromatic carbocycles. The van der Waals surface area contributed by atoms with Gasteiger partial charge in [-0.05, 0) is 48.9 Å². The van der Waals surface area contributed by atoms with E-state index in [9.17, 15) is 13.2 Å². The van der Waals surface area contributed by atoms with Crippen LogP contribution in [0, 0.1) is 0 Å². The molecular formula is C22H19N3O4S. The number of amides is 1. The normalized spacial score (nSPS) is 11.7. The molecule has 0 aliphatic carbocycles. The smallest absolute Gasteiger partial charge is 0.322 e. The molecule has 152 valence electrons. The molecule has 7 nitrogen and oxygen atoms in total. The van der Waals surface area contributed by atoms with Crippen LogP contribution in [-0.2, 0) is 9.84 Å². The van der Waals surface area contributed by atoms with E-state index in [0.29, 0.717) is 11.1 Å². The lowest BCUT2D eigenvalue weighted by Crippen LogP contribution is -2.13. The minimum Gasteiger partial charge on any atom is -0.403 e. The van der Waals surface area contributed by atoms with E-state index in [4.69, 9.17) is 4.42 Å². The molecule has 0 saturated carbocycles. The molecule has 0 unspecified atom stereocenters. The molecule has 1 aromatic heterocycles. The molecule has 0 fully saturated rings. The average molecular weight is 421 g/mol. The van der Waals surface area contributed by atoms with Crippen LogP contribution in [0.25, 0.3) is 22.2 Å². The Bertz CT molecular complexity index is 1340. The van der Waals surface area contributed by atoms with Crippen molar-refractivity contribution in [2.45, 2.75) is 24.0 Å². The number of nitrogens with one attached hydrogen (secondary N) is 1. The van der Waals surface area contributed by atoms with Crippen LogP contribution in [0.3, 0.4) is 0 Å². The summed E-state index contributed by atoms with van der Waals surface area (Å²) in [4.78, 5) is 12.9. The lowest BCUT2D eigenvalue weighted by molar-refractivity contribution is 0.102. The van der Waals surface area contributed by atoms with Crippen LogP contribution in [0.5, 0.6) is 0 Å². The fourth-order valence-corrected chi connectivity index (χ4v) is 4.16. The van der Waals surface area contributed by atoms with Gasteiger partial charge in [0.25, 0.3) is 5.91 Å². The lowest BCUT2D eigenvalue weighted by atomic mass is 10.0. The van der Waals surface area contributed by atoms with Crippen LogP contribution in [0.1, 0.15) is 24.2 Å². The van der Waals surface area contributed by atoms with Crippen molar-refractivity contribution in [1.29, 1.82) is 0 Å². The molecule has 0 atom stereocenters. The van der Waals surface area contributed by atoms with Crippen molar-refractivity contribution >= 4 is 32.5 Å². The van der Waals surface area contributed by atoms with Crippen molar-refractivity contribution in [2.24, 2.45) is 0 Å². The molecule has 30 heavy (non-hydrogen) atoms. The SMILES string of the molecule is CC(C)S(=O)(=O)c1cccc(-c2nnc(NC(=O)c3cccc4ccccc34)o2)c1. The fraction of sp³-hybridized carbons (Fsp3) is 0.136. The Morgan fingerprint density at radius 2 is 1.70 bits per heavy atom. The Morgan fingerprint density at radius 3 is 2.50 bits per heavy atom. The second kappa shape index (κ2) is 7.72. The molecule has 1 heterocycles. The van der Waals surface area contributed by atoms with Crippen molar-refractivity contribution in [3.8, 4) is 11.5 Å². The molecule has 4 aromatic rings. The molecule has 1 N–H and O–H groups in total. The Kier molecular flexibility index (Phi) is 5.09. The van der Waals surface area contributed by atoms with Crippen molar-refractivity contribution in [2.75, 3.05) is 5.32 Å². The van der Waals surface area contributed by atoms with Crippen LogP contribution in [-0.4, -0.2) is 29.8 Å². The van der Waals surface area contributed by atoms with Crippen LogP contribution in [0.2, 0.25) is 0 Å². The highest BCUT2D eigenvalue weighted by Gasteiger charge is 2.21. The zero-order valence-electron chi connectivity index (χ0n) is 16.4. The Hall–Kier alpha value is -3.52. The predicted molar refractivity (Wildman–Crippen MR) is 114 cm³/mol. The van der Waals surface area contributed by atoms with E-state index in [2.05, 4.69) is 15.5 Å². The van der Waals surface area contributed by atoms with E-state index in [0.717, 1.165) is 10.8 Å². The van der Waals surface area contributed by atoms with Gasteiger partial charge in [0.15, 0.2) is 9.84 Å². The maximum atomic E-state index is 12.7. The zero-order chi connectivity index (χ0) is 21.3. The van der Waals surface area contributed by atoms with Crippen molar-refractivity contribution < 1.29 is 17.6 Å². The molecule has 0 radical (unpaired) electrons. The van der Waals surface area contributed by atoms with Gasteiger partial charge in [0.05, 0.1) is 10.1 Å². The third-order valence-electron chi connectivity index (χ3n) is 4.71. The summed E-state index contributed by atoms with van der Waals surface area (Å²) < 4.78 is 30.4. The number of fused-ring (bicyclic) bond motifs is 1. The molecule has 1 amide bonds. The maximum absolute atomic E-state index is 12.7. The second-order valence-electron chi connectivity index (χ2n) is 7.01. The van der Waals surface area contributed by atoms with Gasteiger partial charge < -0.3 is 4.42 Å². The number of sulfone groups is 1. The number of carbonyl (C=O) groups is 1. The third kappa shape index (κ3) is 3.69. The van der Waals surface area contributed by atoms with Gasteiger partial charge >= 0.3 is 6.01 Å². The molecular weight excluding hydrogens is 402 g/mol. The van der Waals surface area contributed by atoms with Crippen LogP contribution in [0.15, 0.2) is 76.0 Å². The first kappa shape index (κ1) is 19.8. The molecule has 0 saturated heterocycles. The number of benzene rings is 3. The minimum atomic E-state index is -3.44. The molecule has 0 aliphatic heterocycles. The van der Waals surface area contributed by atoms with E-state index in [1.807, 2.05) is 30.3 Å². The topological polar surface area (TPSA) is 102 Å². The molecule has 0 spiro atoms. The molecule has 4 rings (SSSR count). The van der Waals surface area contributed by atoms with Crippen LogP contribution >= 0.6 is 0 Å². The van der Waals surface area contributed by atoms with Gasteiger partial charge in [-0.25, -0.2) is 8.42 Å². The summed E-state index contributed by atoms with van der Waals surface area (Å²) in [7, 11) is -3.44. The van der Waals surface area contributed by atoms with E-state index in [1.54, 1.807) is 38.1 Å². The number of aromatic nitrogens is 2. The molecule has 8 heteroatoms. The summed E-state index contributed by atoms with van der Waals surface area (Å²) >= 11 is 0.